The molecule has 9 heteroatoms. The quantitative estimate of drug-likeness (QED) is 0.444. The van der Waals surface area contributed by atoms with Gasteiger partial charge in [-0.05, 0) is 36.4 Å². The molecule has 2 atom stereocenters. The summed E-state index contributed by atoms with van der Waals surface area (Å²) in [7, 11) is 1.48. The highest BCUT2D eigenvalue weighted by Crippen LogP contribution is 2.38. The smallest absolute Gasteiger partial charge is 0.347 e. The lowest BCUT2D eigenvalue weighted by Gasteiger charge is -2.34. The molecule has 2 aromatic heterocycles. The molecule has 2 fully saturated rings. The number of rotatable bonds is 3. The molecule has 0 saturated carbocycles. The Morgan fingerprint density at radius 1 is 1.20 bits per heavy atom. The number of nitrogens with zero attached hydrogens (tertiary/aromatic N) is 3. The van der Waals surface area contributed by atoms with Crippen molar-refractivity contribution in [1.29, 1.82) is 0 Å². The largest absolute Gasteiger partial charge is 0.497 e. The number of H-pyrrole nitrogens is 1. The summed E-state index contributed by atoms with van der Waals surface area (Å²) in [5, 5.41) is 4.86. The lowest BCUT2D eigenvalue weighted by molar-refractivity contribution is 0.415. The normalized spacial score (nSPS) is 19.3. The van der Waals surface area contributed by atoms with E-state index in [1.54, 1.807) is 18.2 Å². The fraction of sp³-hybridized carbons (Fsp3) is 0.269. The van der Waals surface area contributed by atoms with Gasteiger partial charge >= 0.3 is 5.69 Å². The van der Waals surface area contributed by atoms with E-state index < -0.39 is 17.3 Å². The molecule has 4 heterocycles. The minimum Gasteiger partial charge on any atom is -0.497 e. The van der Waals surface area contributed by atoms with E-state index in [0.29, 0.717) is 52.9 Å². The minimum atomic E-state index is -0.747. The number of hydrogen-bond donors (Lipinski definition) is 2. The third-order valence-electron chi connectivity index (χ3n) is 6.89. The molecule has 0 amide bonds. The van der Waals surface area contributed by atoms with Crippen LogP contribution in [0.4, 0.5) is 14.6 Å². The van der Waals surface area contributed by atoms with Crippen LogP contribution in [-0.4, -0.2) is 47.2 Å². The molecule has 176 valence electrons. The molecule has 0 radical (unpaired) electrons. The van der Waals surface area contributed by atoms with Crippen molar-refractivity contribution in [1.82, 2.24) is 20.3 Å². The van der Waals surface area contributed by atoms with Gasteiger partial charge in [-0.1, -0.05) is 12.0 Å². The van der Waals surface area contributed by atoms with Crippen LogP contribution in [0.5, 0.6) is 5.75 Å². The number of ether oxygens (including phenoxy) is 1. The molecule has 2 aliphatic rings. The van der Waals surface area contributed by atoms with Crippen LogP contribution >= 0.6 is 0 Å². The van der Waals surface area contributed by atoms with Gasteiger partial charge in [0.2, 0.25) is 0 Å². The monoisotopic (exact) mass is 473 g/mol. The third kappa shape index (κ3) is 3.41. The molecule has 2 unspecified atom stereocenters. The van der Waals surface area contributed by atoms with Crippen molar-refractivity contribution >= 4 is 27.5 Å². The van der Waals surface area contributed by atoms with E-state index in [-0.39, 0.29) is 22.3 Å². The predicted molar refractivity (Wildman–Crippen MR) is 130 cm³/mol. The Kier molecular flexibility index (Phi) is 4.93. The number of fused-ring (bicyclic) bond motifs is 4. The highest BCUT2D eigenvalue weighted by molar-refractivity contribution is 6.03. The molecule has 0 spiro atoms. The predicted octanol–water partition coefficient (Wildman–Crippen LogP) is 3.35. The summed E-state index contributed by atoms with van der Waals surface area (Å²) in [4.78, 5) is 25.6. The highest BCUT2D eigenvalue weighted by atomic mass is 19.1. The average Bonchev–Trinajstić information content (AvgIpc) is 3.20. The SMILES string of the molecule is C#Cc1c(F)ccc2cc(OC)cc(-c3ncc4c(N5CC6CCC(C5)N6)nc(=O)[nH]c4c3F)c12. The summed E-state index contributed by atoms with van der Waals surface area (Å²) in [5.41, 5.74) is -0.463. The summed E-state index contributed by atoms with van der Waals surface area (Å²) in [6.07, 6.45) is 9.21. The minimum absolute atomic E-state index is 0.00153. The third-order valence-corrected chi connectivity index (χ3v) is 6.89. The Morgan fingerprint density at radius 2 is 1.97 bits per heavy atom. The van der Waals surface area contributed by atoms with Gasteiger partial charge in [0.25, 0.3) is 0 Å². The fourth-order valence-corrected chi connectivity index (χ4v) is 5.33. The lowest BCUT2D eigenvalue weighted by atomic mass is 9.95. The number of terminal acetylenes is 1. The Morgan fingerprint density at radius 3 is 2.69 bits per heavy atom. The topological polar surface area (TPSA) is 83.1 Å². The number of hydrogen-bond acceptors (Lipinski definition) is 6. The molecule has 4 aromatic rings. The van der Waals surface area contributed by atoms with Gasteiger partial charge in [0, 0.05) is 42.3 Å². The number of aromatic amines is 1. The zero-order chi connectivity index (χ0) is 24.3. The summed E-state index contributed by atoms with van der Waals surface area (Å²) in [6, 6.07) is 6.69. The lowest BCUT2D eigenvalue weighted by Crippen LogP contribution is -2.51. The molecule has 2 saturated heterocycles. The van der Waals surface area contributed by atoms with Crippen LogP contribution in [0.15, 0.2) is 35.3 Å². The summed E-state index contributed by atoms with van der Waals surface area (Å²) in [6.45, 7) is 1.35. The maximum Gasteiger partial charge on any atom is 0.347 e. The van der Waals surface area contributed by atoms with Gasteiger partial charge in [-0.3, -0.25) is 4.98 Å². The van der Waals surface area contributed by atoms with Crippen LogP contribution in [0.1, 0.15) is 18.4 Å². The number of piperazine rings is 1. The van der Waals surface area contributed by atoms with Crippen LogP contribution in [0, 0.1) is 24.0 Å². The number of anilines is 1. The van der Waals surface area contributed by atoms with Crippen molar-refractivity contribution in [3.63, 3.8) is 0 Å². The molecule has 2 N–H and O–H groups in total. The van der Waals surface area contributed by atoms with Crippen LogP contribution in [0.2, 0.25) is 0 Å². The maximum absolute atomic E-state index is 16.1. The number of benzene rings is 2. The van der Waals surface area contributed by atoms with Crippen LogP contribution in [0.3, 0.4) is 0 Å². The fourth-order valence-electron chi connectivity index (χ4n) is 5.33. The molecular formula is C26H21F2N5O2. The van der Waals surface area contributed by atoms with Gasteiger partial charge in [-0.15, -0.1) is 6.42 Å². The van der Waals surface area contributed by atoms with Crippen LogP contribution < -0.4 is 20.6 Å². The van der Waals surface area contributed by atoms with Crippen molar-refractivity contribution in [3.8, 4) is 29.4 Å². The number of aromatic nitrogens is 3. The first-order valence-electron chi connectivity index (χ1n) is 11.3. The van der Waals surface area contributed by atoms with Crippen molar-refractivity contribution in [3.05, 3.63) is 58.1 Å². The maximum atomic E-state index is 16.1. The van der Waals surface area contributed by atoms with E-state index in [9.17, 15) is 9.18 Å². The highest BCUT2D eigenvalue weighted by Gasteiger charge is 2.34. The number of halogens is 2. The van der Waals surface area contributed by atoms with Gasteiger partial charge in [-0.2, -0.15) is 4.98 Å². The van der Waals surface area contributed by atoms with Gasteiger partial charge in [0.05, 0.1) is 23.6 Å². The summed E-state index contributed by atoms with van der Waals surface area (Å²) < 4.78 is 36.0. The number of nitrogens with one attached hydrogen (secondary N) is 2. The van der Waals surface area contributed by atoms with E-state index in [4.69, 9.17) is 11.2 Å². The molecule has 2 aromatic carbocycles. The second kappa shape index (κ2) is 8.03. The first-order chi connectivity index (χ1) is 17.0. The second-order valence-electron chi connectivity index (χ2n) is 8.96. The van der Waals surface area contributed by atoms with Crippen molar-refractivity contribution in [2.24, 2.45) is 0 Å². The summed E-state index contributed by atoms with van der Waals surface area (Å²) in [5.74, 6) is 1.87. The van der Waals surface area contributed by atoms with E-state index in [1.165, 1.54) is 19.4 Å². The summed E-state index contributed by atoms with van der Waals surface area (Å²) >= 11 is 0. The number of methoxy groups -OCH3 is 1. The first kappa shape index (κ1) is 21.5. The van der Waals surface area contributed by atoms with Crippen molar-refractivity contribution in [2.45, 2.75) is 24.9 Å². The molecule has 7 nitrogen and oxygen atoms in total. The average molecular weight is 473 g/mol. The van der Waals surface area contributed by atoms with E-state index in [0.717, 1.165) is 12.8 Å². The molecular weight excluding hydrogens is 452 g/mol. The van der Waals surface area contributed by atoms with Crippen molar-refractivity contribution < 1.29 is 13.5 Å². The molecule has 35 heavy (non-hydrogen) atoms. The molecule has 6 rings (SSSR count). The zero-order valence-corrected chi connectivity index (χ0v) is 18.9. The Balaban J connectivity index is 1.60. The van der Waals surface area contributed by atoms with E-state index in [2.05, 4.69) is 26.2 Å². The van der Waals surface area contributed by atoms with Crippen LogP contribution in [-0.2, 0) is 0 Å². The van der Waals surface area contributed by atoms with E-state index >= 15 is 4.39 Å². The van der Waals surface area contributed by atoms with Crippen molar-refractivity contribution in [2.75, 3.05) is 25.1 Å². The van der Waals surface area contributed by atoms with Gasteiger partial charge in [-0.25, -0.2) is 13.6 Å². The van der Waals surface area contributed by atoms with Gasteiger partial charge in [0.15, 0.2) is 5.82 Å². The second-order valence-corrected chi connectivity index (χ2v) is 8.96. The zero-order valence-electron chi connectivity index (χ0n) is 18.9. The molecule has 0 aliphatic carbocycles. The standard InChI is InChI=1S/C26H21F2N5O2/c1-3-17-20(27)7-4-13-8-16(35-2)9-18(21(13)17)23-22(28)24-19(10-29-23)25(32-26(34)31-24)33-11-14-5-6-15(12-33)30-14/h1,4,7-10,14-15,30H,5-6,11-12H2,2H3,(H,31,32,34). The first-order valence-corrected chi connectivity index (χ1v) is 11.3. The Hall–Kier alpha value is -4.03. The molecule has 2 bridgehead atoms. The Labute approximate surface area is 199 Å². The Bertz CT molecular complexity index is 1600. The number of pyridine rings is 1. The van der Waals surface area contributed by atoms with Crippen LogP contribution in [0.25, 0.3) is 32.9 Å². The molecule has 2 aliphatic heterocycles. The van der Waals surface area contributed by atoms with E-state index in [1.807, 2.05) is 4.90 Å². The van der Waals surface area contributed by atoms with Gasteiger partial charge < -0.3 is 19.9 Å². The van der Waals surface area contributed by atoms with Gasteiger partial charge in [0.1, 0.15) is 23.1 Å².